The van der Waals surface area contributed by atoms with E-state index in [9.17, 15) is 0 Å². The third-order valence-electron chi connectivity index (χ3n) is 3.39. The van der Waals surface area contributed by atoms with Gasteiger partial charge in [0.2, 0.25) is 5.78 Å². The van der Waals surface area contributed by atoms with Crippen molar-refractivity contribution in [3.8, 4) is 11.4 Å². The summed E-state index contributed by atoms with van der Waals surface area (Å²) >= 11 is 0. The first-order valence-electron chi connectivity index (χ1n) is 6.48. The molecular weight excluding hydrogens is 248 g/mol. The van der Waals surface area contributed by atoms with Crippen molar-refractivity contribution < 1.29 is 0 Å². The number of aromatic nitrogens is 4. The number of aryl methyl sites for hydroxylation is 1. The minimum atomic E-state index is 0.678. The Morgan fingerprint density at radius 1 is 0.900 bits per heavy atom. The highest BCUT2D eigenvalue weighted by Gasteiger charge is 2.07. The Labute approximate surface area is 115 Å². The standard InChI is InChI=1S/C16H12N4/c1-11-6-8-12(9-7-11)15-17-10-20-14-5-3-2-4-13(14)18-16(20)19-15/h2-10H,1H3. The van der Waals surface area contributed by atoms with E-state index in [1.165, 1.54) is 5.56 Å². The maximum absolute atomic E-state index is 4.55. The molecule has 0 aliphatic heterocycles. The molecular formula is C16H12N4. The van der Waals surface area contributed by atoms with E-state index in [0.29, 0.717) is 11.6 Å². The third-order valence-corrected chi connectivity index (χ3v) is 3.39. The lowest BCUT2D eigenvalue weighted by Gasteiger charge is -2.01. The summed E-state index contributed by atoms with van der Waals surface area (Å²) in [7, 11) is 0. The van der Waals surface area contributed by atoms with Gasteiger partial charge in [0.25, 0.3) is 0 Å². The molecule has 0 saturated carbocycles. The second-order valence-corrected chi connectivity index (χ2v) is 4.82. The molecule has 0 atom stereocenters. The van der Waals surface area contributed by atoms with E-state index >= 15 is 0 Å². The van der Waals surface area contributed by atoms with Gasteiger partial charge in [0.1, 0.15) is 6.33 Å². The van der Waals surface area contributed by atoms with E-state index in [1.807, 2.05) is 40.8 Å². The van der Waals surface area contributed by atoms with E-state index in [1.54, 1.807) is 6.33 Å². The predicted molar refractivity (Wildman–Crippen MR) is 78.5 cm³/mol. The van der Waals surface area contributed by atoms with Gasteiger partial charge in [0.05, 0.1) is 11.0 Å². The number of rotatable bonds is 1. The fraction of sp³-hybridized carbons (Fsp3) is 0.0625. The molecule has 96 valence electrons. The zero-order valence-corrected chi connectivity index (χ0v) is 11.0. The van der Waals surface area contributed by atoms with E-state index in [-0.39, 0.29) is 0 Å². The summed E-state index contributed by atoms with van der Waals surface area (Å²) in [5.74, 6) is 1.38. The van der Waals surface area contributed by atoms with Crippen LogP contribution in [0.25, 0.3) is 28.2 Å². The molecule has 0 bridgehead atoms. The molecule has 0 aliphatic rings. The maximum atomic E-state index is 4.55. The summed E-state index contributed by atoms with van der Waals surface area (Å²) in [5.41, 5.74) is 4.19. The molecule has 0 saturated heterocycles. The highest BCUT2D eigenvalue weighted by molar-refractivity contribution is 5.79. The van der Waals surface area contributed by atoms with Crippen LogP contribution >= 0.6 is 0 Å². The molecule has 2 heterocycles. The SMILES string of the molecule is Cc1ccc(-c2ncn3c(n2)nc2ccccc23)cc1. The van der Waals surface area contributed by atoms with E-state index in [4.69, 9.17) is 0 Å². The smallest absolute Gasteiger partial charge is 0.238 e. The van der Waals surface area contributed by atoms with Crippen molar-refractivity contribution in [2.75, 3.05) is 0 Å². The first-order chi connectivity index (χ1) is 9.81. The van der Waals surface area contributed by atoms with Gasteiger partial charge in [0, 0.05) is 5.56 Å². The van der Waals surface area contributed by atoms with Crippen molar-refractivity contribution in [2.45, 2.75) is 6.92 Å². The summed E-state index contributed by atoms with van der Waals surface area (Å²) < 4.78 is 1.91. The summed E-state index contributed by atoms with van der Waals surface area (Å²) in [6.07, 6.45) is 1.78. The van der Waals surface area contributed by atoms with Gasteiger partial charge in [-0.25, -0.2) is 9.97 Å². The minimum absolute atomic E-state index is 0.678. The Balaban J connectivity index is 1.94. The summed E-state index contributed by atoms with van der Waals surface area (Å²) in [4.78, 5) is 13.5. The van der Waals surface area contributed by atoms with Crippen molar-refractivity contribution in [2.24, 2.45) is 0 Å². The van der Waals surface area contributed by atoms with Gasteiger partial charge < -0.3 is 0 Å². The number of fused-ring (bicyclic) bond motifs is 3. The van der Waals surface area contributed by atoms with Crippen LogP contribution in [0.15, 0.2) is 54.9 Å². The second-order valence-electron chi connectivity index (χ2n) is 4.82. The molecule has 0 N–H and O–H groups in total. The van der Waals surface area contributed by atoms with E-state index in [0.717, 1.165) is 16.6 Å². The minimum Gasteiger partial charge on any atom is -0.267 e. The fourth-order valence-corrected chi connectivity index (χ4v) is 2.30. The van der Waals surface area contributed by atoms with Gasteiger partial charge >= 0.3 is 0 Å². The number of hydrogen-bond donors (Lipinski definition) is 0. The Morgan fingerprint density at radius 3 is 2.55 bits per heavy atom. The van der Waals surface area contributed by atoms with Crippen molar-refractivity contribution in [1.29, 1.82) is 0 Å². The quantitative estimate of drug-likeness (QED) is 0.527. The molecule has 0 aliphatic carbocycles. The van der Waals surface area contributed by atoms with Crippen LogP contribution in [0.5, 0.6) is 0 Å². The molecule has 4 rings (SSSR count). The molecule has 4 aromatic rings. The highest BCUT2D eigenvalue weighted by Crippen LogP contribution is 2.18. The molecule has 2 aromatic carbocycles. The zero-order chi connectivity index (χ0) is 13.5. The highest BCUT2D eigenvalue weighted by atomic mass is 15.1. The van der Waals surface area contributed by atoms with Crippen LogP contribution in [0.3, 0.4) is 0 Å². The summed E-state index contributed by atoms with van der Waals surface area (Å²) in [6, 6.07) is 16.1. The molecule has 0 unspecified atom stereocenters. The maximum Gasteiger partial charge on any atom is 0.238 e. The molecule has 4 nitrogen and oxygen atoms in total. The number of hydrogen-bond acceptors (Lipinski definition) is 3. The zero-order valence-electron chi connectivity index (χ0n) is 11.0. The van der Waals surface area contributed by atoms with Crippen molar-refractivity contribution >= 4 is 16.8 Å². The van der Waals surface area contributed by atoms with Crippen LogP contribution in [0, 0.1) is 6.92 Å². The van der Waals surface area contributed by atoms with E-state index in [2.05, 4.69) is 34.0 Å². The second kappa shape index (κ2) is 4.13. The summed E-state index contributed by atoms with van der Waals surface area (Å²) in [5, 5.41) is 0. The third kappa shape index (κ3) is 1.66. The topological polar surface area (TPSA) is 43.1 Å². The average molecular weight is 260 g/mol. The first-order valence-corrected chi connectivity index (χ1v) is 6.48. The lowest BCUT2D eigenvalue weighted by molar-refractivity contribution is 1.04. The van der Waals surface area contributed by atoms with Crippen LogP contribution in [0.1, 0.15) is 5.56 Å². The number of benzene rings is 2. The number of imidazole rings is 1. The molecule has 0 radical (unpaired) electrons. The monoisotopic (exact) mass is 260 g/mol. The molecule has 0 amide bonds. The number of para-hydroxylation sites is 2. The molecule has 0 spiro atoms. The van der Waals surface area contributed by atoms with Crippen LogP contribution in [-0.2, 0) is 0 Å². The molecule has 2 aromatic heterocycles. The lowest BCUT2D eigenvalue weighted by atomic mass is 10.1. The van der Waals surface area contributed by atoms with Gasteiger partial charge in [-0.2, -0.15) is 4.98 Å². The Morgan fingerprint density at radius 2 is 1.70 bits per heavy atom. The normalized spacial score (nSPS) is 11.2. The van der Waals surface area contributed by atoms with Crippen molar-refractivity contribution in [3.05, 3.63) is 60.4 Å². The molecule has 4 heteroatoms. The van der Waals surface area contributed by atoms with Crippen molar-refractivity contribution in [3.63, 3.8) is 0 Å². The predicted octanol–water partition coefficient (Wildman–Crippen LogP) is 3.25. The Bertz CT molecular complexity index is 907. The van der Waals surface area contributed by atoms with Crippen molar-refractivity contribution in [1.82, 2.24) is 19.4 Å². The van der Waals surface area contributed by atoms with Gasteiger partial charge in [0.15, 0.2) is 5.82 Å². The molecule has 0 fully saturated rings. The van der Waals surface area contributed by atoms with Gasteiger partial charge in [-0.15, -0.1) is 0 Å². The largest absolute Gasteiger partial charge is 0.267 e. The van der Waals surface area contributed by atoms with Crippen LogP contribution in [-0.4, -0.2) is 19.4 Å². The van der Waals surface area contributed by atoms with E-state index < -0.39 is 0 Å². The van der Waals surface area contributed by atoms with Crippen LogP contribution in [0.2, 0.25) is 0 Å². The Hall–Kier alpha value is -2.75. The molecule has 20 heavy (non-hydrogen) atoms. The number of nitrogens with zero attached hydrogens (tertiary/aromatic N) is 4. The van der Waals surface area contributed by atoms with Gasteiger partial charge in [-0.05, 0) is 19.1 Å². The van der Waals surface area contributed by atoms with Crippen LogP contribution < -0.4 is 0 Å². The Kier molecular flexibility index (Phi) is 2.29. The fourth-order valence-electron chi connectivity index (χ4n) is 2.30. The van der Waals surface area contributed by atoms with Gasteiger partial charge in [-0.3, -0.25) is 4.40 Å². The lowest BCUT2D eigenvalue weighted by Crippen LogP contribution is -1.95. The van der Waals surface area contributed by atoms with Crippen LogP contribution in [0.4, 0.5) is 0 Å². The summed E-state index contributed by atoms with van der Waals surface area (Å²) in [6.45, 7) is 2.06. The average Bonchev–Trinajstić information content (AvgIpc) is 2.85. The first kappa shape index (κ1) is 11.1. The van der Waals surface area contributed by atoms with Gasteiger partial charge in [-0.1, -0.05) is 42.0 Å².